The lowest BCUT2D eigenvalue weighted by molar-refractivity contribution is -0.0514. The van der Waals surface area contributed by atoms with E-state index in [1.807, 2.05) is 0 Å². The molecule has 3 aromatic carbocycles. The summed E-state index contributed by atoms with van der Waals surface area (Å²) >= 11 is 0. The van der Waals surface area contributed by atoms with Gasteiger partial charge in [0, 0.05) is 0 Å². The van der Waals surface area contributed by atoms with E-state index in [0.29, 0.717) is 0 Å². The molecule has 3 rings (SSSR count). The number of halogens is 6. The molecule has 192 valence electrons. The molecule has 0 aliphatic carbocycles. The Bertz CT molecular complexity index is 1120. The standard InChI is InChI=1S/C18H15P.2CHF3O3S/c1-4-10-16(11-5-1)19(17-12-6-2-7-13-17)18-14-8-3-9-15-18;2*2-1(3,4)8(5,6)7/h1-15H;2*(H,5,6,7). The maximum absolute atomic E-state index is 10.7. The van der Waals surface area contributed by atoms with E-state index < -0.39 is 39.2 Å². The minimum absolute atomic E-state index is 0.446. The molecule has 3 aromatic rings. The monoisotopic (exact) mass is 562 g/mol. The van der Waals surface area contributed by atoms with Gasteiger partial charge in [-0.15, -0.1) is 0 Å². The zero-order valence-corrected chi connectivity index (χ0v) is 19.7. The molecular formula is C20H17F6O6PS2. The van der Waals surface area contributed by atoms with E-state index in [1.165, 1.54) is 15.9 Å². The molecule has 0 unspecified atom stereocenters. The lowest BCUT2D eigenvalue weighted by Crippen LogP contribution is -2.21. The molecule has 0 heterocycles. The number of hydrogen-bond donors (Lipinski definition) is 2. The summed E-state index contributed by atoms with van der Waals surface area (Å²) in [5.74, 6) is 0. The first-order valence-corrected chi connectivity index (χ1v) is 13.2. The maximum Gasteiger partial charge on any atom is 0.522 e. The Labute approximate surface area is 198 Å². The van der Waals surface area contributed by atoms with Crippen LogP contribution >= 0.6 is 7.92 Å². The topological polar surface area (TPSA) is 109 Å². The number of benzene rings is 3. The van der Waals surface area contributed by atoms with Crippen LogP contribution in [-0.2, 0) is 20.2 Å². The third kappa shape index (κ3) is 10.3. The number of rotatable bonds is 3. The fraction of sp³-hybridized carbons (Fsp3) is 0.100. The molecule has 0 fully saturated rings. The summed E-state index contributed by atoms with van der Waals surface area (Å²) in [6.07, 6.45) is 0. The van der Waals surface area contributed by atoms with Gasteiger partial charge in [0.25, 0.3) is 0 Å². The predicted octanol–water partition coefficient (Wildman–Crippen LogP) is 4.23. The fourth-order valence-corrected chi connectivity index (χ4v) is 4.48. The number of alkyl halides is 6. The average molecular weight is 562 g/mol. The molecule has 0 saturated carbocycles. The summed E-state index contributed by atoms with van der Waals surface area (Å²) in [5.41, 5.74) is -11.1. The van der Waals surface area contributed by atoms with E-state index in [2.05, 4.69) is 91.0 Å². The second-order valence-corrected chi connectivity index (χ2v) is 11.2. The summed E-state index contributed by atoms with van der Waals surface area (Å²) in [6.45, 7) is 0. The molecule has 0 radical (unpaired) electrons. The summed E-state index contributed by atoms with van der Waals surface area (Å²) in [4.78, 5) is 0. The first-order chi connectivity index (χ1) is 15.9. The van der Waals surface area contributed by atoms with Gasteiger partial charge in [-0.1, -0.05) is 91.0 Å². The van der Waals surface area contributed by atoms with Crippen molar-refractivity contribution in [3.63, 3.8) is 0 Å². The molecule has 0 saturated heterocycles. The first-order valence-electron chi connectivity index (χ1n) is 8.98. The van der Waals surface area contributed by atoms with Gasteiger partial charge in [0.05, 0.1) is 0 Å². The molecule has 0 bridgehead atoms. The van der Waals surface area contributed by atoms with Gasteiger partial charge in [-0.3, -0.25) is 9.11 Å². The highest BCUT2D eigenvalue weighted by Gasteiger charge is 2.45. The maximum atomic E-state index is 10.7. The van der Waals surface area contributed by atoms with E-state index in [1.54, 1.807) is 0 Å². The summed E-state index contributed by atoms with van der Waals surface area (Å²) in [6, 6.07) is 32.3. The van der Waals surface area contributed by atoms with E-state index in [0.717, 1.165) is 0 Å². The van der Waals surface area contributed by atoms with Gasteiger partial charge in [0.2, 0.25) is 0 Å². The fourth-order valence-electron chi connectivity index (χ4n) is 2.18. The highest BCUT2D eigenvalue weighted by molar-refractivity contribution is 7.86. The Morgan fingerprint density at radius 2 is 0.657 bits per heavy atom. The van der Waals surface area contributed by atoms with Crippen molar-refractivity contribution in [3.05, 3.63) is 91.0 Å². The van der Waals surface area contributed by atoms with E-state index in [-0.39, 0.29) is 0 Å². The quantitative estimate of drug-likeness (QED) is 0.214. The van der Waals surface area contributed by atoms with E-state index >= 15 is 0 Å². The highest BCUT2D eigenvalue weighted by Crippen LogP contribution is 2.32. The van der Waals surface area contributed by atoms with Crippen LogP contribution in [-0.4, -0.2) is 37.0 Å². The van der Waals surface area contributed by atoms with Crippen LogP contribution < -0.4 is 15.9 Å². The second kappa shape index (κ2) is 12.5. The summed E-state index contributed by atoms with van der Waals surface area (Å²) in [5, 5.41) is 4.19. The molecule has 15 heteroatoms. The van der Waals surface area contributed by atoms with Gasteiger partial charge < -0.3 is 0 Å². The van der Waals surface area contributed by atoms with Crippen molar-refractivity contribution < 1.29 is 52.3 Å². The molecule has 35 heavy (non-hydrogen) atoms. The Kier molecular flexibility index (Phi) is 10.9. The summed E-state index contributed by atoms with van der Waals surface area (Å²) in [7, 11) is -12.1. The average Bonchev–Trinajstić information content (AvgIpc) is 2.74. The number of hydrogen-bond acceptors (Lipinski definition) is 4. The Balaban J connectivity index is 0.000000320. The third-order valence-corrected chi connectivity index (χ3v) is 7.24. The Morgan fingerprint density at radius 1 is 0.486 bits per heavy atom. The zero-order chi connectivity index (χ0) is 26.9. The normalized spacial score (nSPS) is 12.1. The lowest BCUT2D eigenvalue weighted by atomic mass is 10.4. The molecule has 0 atom stereocenters. The van der Waals surface area contributed by atoms with Crippen molar-refractivity contribution in [2.45, 2.75) is 11.0 Å². The van der Waals surface area contributed by atoms with Gasteiger partial charge in [0.15, 0.2) is 0 Å². The largest absolute Gasteiger partial charge is 0.522 e. The van der Waals surface area contributed by atoms with Gasteiger partial charge in [-0.25, -0.2) is 0 Å². The molecule has 6 nitrogen and oxygen atoms in total. The van der Waals surface area contributed by atoms with Crippen LogP contribution in [0.1, 0.15) is 0 Å². The molecule has 0 aliphatic heterocycles. The minimum atomic E-state index is -5.84. The van der Waals surface area contributed by atoms with E-state index in [9.17, 15) is 26.3 Å². The van der Waals surface area contributed by atoms with Gasteiger partial charge in [-0.05, 0) is 23.8 Å². The van der Waals surface area contributed by atoms with Crippen molar-refractivity contribution in [3.8, 4) is 0 Å². The minimum Gasteiger partial charge on any atom is -0.279 e. The van der Waals surface area contributed by atoms with Crippen molar-refractivity contribution in [2.75, 3.05) is 0 Å². The van der Waals surface area contributed by atoms with Crippen LogP contribution in [0.25, 0.3) is 0 Å². The van der Waals surface area contributed by atoms with Crippen molar-refractivity contribution in [1.29, 1.82) is 0 Å². The zero-order valence-electron chi connectivity index (χ0n) is 17.2. The van der Waals surface area contributed by atoms with Crippen LogP contribution in [0.15, 0.2) is 91.0 Å². The molecule has 0 amide bonds. The molecular weight excluding hydrogens is 545 g/mol. The van der Waals surface area contributed by atoms with Gasteiger partial charge >= 0.3 is 31.3 Å². The van der Waals surface area contributed by atoms with Crippen LogP contribution in [0, 0.1) is 0 Å². The van der Waals surface area contributed by atoms with Gasteiger partial charge in [0.1, 0.15) is 0 Å². The Morgan fingerprint density at radius 3 is 0.800 bits per heavy atom. The van der Waals surface area contributed by atoms with Crippen LogP contribution in [0.2, 0.25) is 0 Å². The van der Waals surface area contributed by atoms with Crippen molar-refractivity contribution in [1.82, 2.24) is 0 Å². The Hall–Kier alpha value is -2.51. The smallest absolute Gasteiger partial charge is 0.279 e. The molecule has 2 N–H and O–H groups in total. The van der Waals surface area contributed by atoms with Crippen molar-refractivity contribution >= 4 is 44.1 Å². The molecule has 0 spiro atoms. The van der Waals surface area contributed by atoms with Gasteiger partial charge in [-0.2, -0.15) is 43.2 Å². The first kappa shape index (κ1) is 30.5. The predicted molar refractivity (Wildman–Crippen MR) is 120 cm³/mol. The second-order valence-electron chi connectivity index (χ2n) is 6.18. The lowest BCUT2D eigenvalue weighted by Gasteiger charge is -2.18. The van der Waals surface area contributed by atoms with Crippen LogP contribution in [0.4, 0.5) is 26.3 Å². The third-order valence-electron chi connectivity index (χ3n) is 3.63. The highest BCUT2D eigenvalue weighted by atomic mass is 32.2. The molecule has 0 aromatic heterocycles. The van der Waals surface area contributed by atoms with Crippen LogP contribution in [0.5, 0.6) is 0 Å². The van der Waals surface area contributed by atoms with E-state index in [4.69, 9.17) is 25.9 Å². The molecule has 0 aliphatic rings. The van der Waals surface area contributed by atoms with Crippen molar-refractivity contribution in [2.24, 2.45) is 0 Å². The van der Waals surface area contributed by atoms with Crippen LogP contribution in [0.3, 0.4) is 0 Å². The summed E-state index contributed by atoms with van der Waals surface area (Å²) < 4.78 is 115. The SMILES string of the molecule is O=S(=O)(O)C(F)(F)F.O=S(=O)(O)C(F)(F)F.c1ccc(P(c2ccccc2)c2ccccc2)cc1.